The quantitative estimate of drug-likeness (QED) is 0.696. The fraction of sp³-hybridized carbons (Fsp3) is 0.273. The van der Waals surface area contributed by atoms with Crippen LogP contribution in [0.3, 0.4) is 0 Å². The normalized spacial score (nSPS) is 15.8. The van der Waals surface area contributed by atoms with Crippen molar-refractivity contribution in [1.82, 2.24) is 9.88 Å². The number of carboxylic acid groups (broad SMARTS) is 1. The first-order chi connectivity index (χ1) is 13.5. The largest absolute Gasteiger partial charge is 0.477 e. The summed E-state index contributed by atoms with van der Waals surface area (Å²) in [6.45, 7) is 3.57. The molecule has 5 rings (SSSR count). The molecule has 6 heteroatoms. The highest BCUT2D eigenvalue weighted by Crippen LogP contribution is 2.40. The average molecular weight is 395 g/mol. The van der Waals surface area contributed by atoms with E-state index in [1.54, 1.807) is 6.07 Å². The van der Waals surface area contributed by atoms with Gasteiger partial charge in [0, 0.05) is 35.7 Å². The third-order valence-electron chi connectivity index (χ3n) is 5.83. The van der Waals surface area contributed by atoms with E-state index in [4.69, 9.17) is 11.6 Å². The number of hydrogen-bond donors (Lipinski definition) is 2. The molecule has 1 aromatic heterocycles. The van der Waals surface area contributed by atoms with Crippen LogP contribution >= 0.6 is 11.6 Å². The summed E-state index contributed by atoms with van der Waals surface area (Å²) >= 11 is 6.51. The highest BCUT2D eigenvalue weighted by Gasteiger charge is 2.28. The maximum absolute atomic E-state index is 12.7. The van der Waals surface area contributed by atoms with Gasteiger partial charge in [-0.25, -0.2) is 4.79 Å². The number of nitrogens with zero attached hydrogens (tertiary/aromatic N) is 1. The maximum Gasteiger partial charge on any atom is 0.341 e. The zero-order valence-electron chi connectivity index (χ0n) is 15.4. The molecule has 2 aromatic carbocycles. The summed E-state index contributed by atoms with van der Waals surface area (Å²) in [4.78, 5) is 24.3. The first-order valence-electron chi connectivity index (χ1n) is 9.40. The molecule has 0 spiro atoms. The van der Waals surface area contributed by atoms with E-state index < -0.39 is 11.4 Å². The van der Waals surface area contributed by atoms with Gasteiger partial charge in [-0.1, -0.05) is 17.7 Å². The first-order valence-corrected chi connectivity index (χ1v) is 9.77. The van der Waals surface area contributed by atoms with E-state index in [9.17, 15) is 14.7 Å². The summed E-state index contributed by atoms with van der Waals surface area (Å²) in [6.07, 6.45) is 3.51. The number of benzene rings is 2. The second kappa shape index (κ2) is 6.19. The maximum atomic E-state index is 12.7. The molecule has 2 heterocycles. The van der Waals surface area contributed by atoms with E-state index in [2.05, 4.69) is 11.4 Å². The summed E-state index contributed by atoms with van der Waals surface area (Å²) in [5.41, 5.74) is 5.58. The van der Waals surface area contributed by atoms with Crippen molar-refractivity contribution in [3.8, 4) is 11.1 Å². The van der Waals surface area contributed by atoms with Crippen LogP contribution in [0.15, 0.2) is 35.3 Å². The Morgan fingerprint density at radius 3 is 2.75 bits per heavy atom. The third kappa shape index (κ3) is 2.58. The average Bonchev–Trinajstić information content (AvgIpc) is 3.39. The van der Waals surface area contributed by atoms with Gasteiger partial charge in [-0.05, 0) is 65.8 Å². The van der Waals surface area contributed by atoms with Crippen LogP contribution in [-0.2, 0) is 13.1 Å². The van der Waals surface area contributed by atoms with Crippen LogP contribution in [0.25, 0.3) is 22.0 Å². The molecule has 1 aliphatic carbocycles. The van der Waals surface area contributed by atoms with E-state index in [1.807, 2.05) is 23.6 Å². The van der Waals surface area contributed by atoms with Gasteiger partial charge < -0.3 is 15.0 Å². The molecule has 2 aliphatic rings. The van der Waals surface area contributed by atoms with Crippen LogP contribution in [0, 0.1) is 6.92 Å². The van der Waals surface area contributed by atoms with Crippen molar-refractivity contribution < 1.29 is 9.90 Å². The second-order valence-electron chi connectivity index (χ2n) is 7.65. The number of aromatic carboxylic acids is 1. The van der Waals surface area contributed by atoms with Gasteiger partial charge in [0.05, 0.1) is 5.52 Å². The Morgan fingerprint density at radius 2 is 2.04 bits per heavy atom. The number of fused-ring (bicyclic) bond motifs is 2. The van der Waals surface area contributed by atoms with Crippen molar-refractivity contribution in [2.24, 2.45) is 0 Å². The Hall–Kier alpha value is -2.63. The number of rotatable bonds is 3. The number of nitrogens with one attached hydrogen (secondary N) is 1. The molecule has 1 fully saturated rings. The van der Waals surface area contributed by atoms with Crippen molar-refractivity contribution in [3.63, 3.8) is 0 Å². The number of carboxylic acids is 1. The van der Waals surface area contributed by atoms with E-state index in [1.165, 1.54) is 11.8 Å². The van der Waals surface area contributed by atoms with Crippen molar-refractivity contribution in [2.45, 2.75) is 38.9 Å². The van der Waals surface area contributed by atoms with Gasteiger partial charge in [-0.15, -0.1) is 0 Å². The van der Waals surface area contributed by atoms with Crippen molar-refractivity contribution in [3.05, 3.63) is 68.0 Å². The topological polar surface area (TPSA) is 71.3 Å². The number of halogens is 1. The van der Waals surface area contributed by atoms with Crippen LogP contribution < -0.4 is 10.7 Å². The van der Waals surface area contributed by atoms with Crippen LogP contribution in [0.1, 0.15) is 45.9 Å². The minimum atomic E-state index is -1.18. The molecule has 2 N–H and O–H groups in total. The van der Waals surface area contributed by atoms with E-state index in [0.29, 0.717) is 5.39 Å². The van der Waals surface area contributed by atoms with Gasteiger partial charge in [-0.2, -0.15) is 0 Å². The Morgan fingerprint density at radius 1 is 1.25 bits per heavy atom. The number of hydrogen-bond acceptors (Lipinski definition) is 3. The molecule has 3 aromatic rings. The smallest absolute Gasteiger partial charge is 0.341 e. The van der Waals surface area contributed by atoms with Gasteiger partial charge in [0.25, 0.3) is 0 Å². The molecular weight excluding hydrogens is 376 g/mol. The van der Waals surface area contributed by atoms with Gasteiger partial charge >= 0.3 is 5.97 Å². The Labute approximate surface area is 166 Å². The van der Waals surface area contributed by atoms with Gasteiger partial charge in [-0.3, -0.25) is 4.79 Å². The number of aryl methyl sites for hydroxylation is 1. The zero-order valence-corrected chi connectivity index (χ0v) is 16.1. The molecule has 0 unspecified atom stereocenters. The third-order valence-corrected chi connectivity index (χ3v) is 6.17. The monoisotopic (exact) mass is 394 g/mol. The van der Waals surface area contributed by atoms with Gasteiger partial charge in [0.2, 0.25) is 5.43 Å². The summed E-state index contributed by atoms with van der Waals surface area (Å²) in [7, 11) is 0. The van der Waals surface area contributed by atoms with Gasteiger partial charge in [0.1, 0.15) is 5.56 Å². The van der Waals surface area contributed by atoms with Crippen LogP contribution in [-0.4, -0.2) is 15.6 Å². The predicted octanol–water partition coefficient (Wildman–Crippen LogP) is 4.27. The van der Waals surface area contributed by atoms with Crippen molar-refractivity contribution in [1.29, 1.82) is 0 Å². The lowest BCUT2D eigenvalue weighted by atomic mass is 9.94. The van der Waals surface area contributed by atoms with E-state index in [-0.39, 0.29) is 11.6 Å². The van der Waals surface area contributed by atoms with Crippen LogP contribution in [0.5, 0.6) is 0 Å². The molecule has 5 nitrogen and oxygen atoms in total. The fourth-order valence-electron chi connectivity index (χ4n) is 4.26. The molecule has 0 atom stereocenters. The molecule has 0 radical (unpaired) electrons. The Bertz CT molecular complexity index is 1220. The number of carbonyl (C=O) groups is 1. The molecule has 142 valence electrons. The molecule has 0 bridgehead atoms. The number of aromatic nitrogens is 1. The van der Waals surface area contributed by atoms with E-state index >= 15 is 0 Å². The summed E-state index contributed by atoms with van der Waals surface area (Å²) in [6, 6.07) is 8.04. The van der Waals surface area contributed by atoms with Crippen LogP contribution in [0.2, 0.25) is 5.02 Å². The molecule has 1 saturated carbocycles. The predicted molar refractivity (Wildman–Crippen MR) is 109 cm³/mol. The Balaban J connectivity index is 1.79. The number of pyridine rings is 1. The van der Waals surface area contributed by atoms with Crippen molar-refractivity contribution in [2.75, 3.05) is 0 Å². The van der Waals surface area contributed by atoms with Gasteiger partial charge in [0.15, 0.2) is 0 Å². The standard InChI is InChI=1S/C22H19ClN2O3/c1-11-15(12-6-13-8-24-9-17(13)19(23)7-12)4-5-16-20(11)25(14-2-3-14)10-18(21(16)26)22(27)28/h4-7,10,14,24H,2-3,8-9H2,1H3,(H,27,28). The van der Waals surface area contributed by atoms with Crippen LogP contribution in [0.4, 0.5) is 0 Å². The summed E-state index contributed by atoms with van der Waals surface area (Å²) in [5, 5.41) is 14.0. The molecular formula is C22H19ClN2O3. The molecule has 0 amide bonds. The minimum absolute atomic E-state index is 0.168. The lowest BCUT2D eigenvalue weighted by Crippen LogP contribution is -2.19. The zero-order chi connectivity index (χ0) is 19.6. The van der Waals surface area contributed by atoms with E-state index in [0.717, 1.165) is 58.7 Å². The first kappa shape index (κ1) is 17.5. The highest BCUT2D eigenvalue weighted by atomic mass is 35.5. The summed E-state index contributed by atoms with van der Waals surface area (Å²) in [5.74, 6) is -1.18. The lowest BCUT2D eigenvalue weighted by Gasteiger charge is -2.17. The lowest BCUT2D eigenvalue weighted by molar-refractivity contribution is 0.0695. The SMILES string of the molecule is Cc1c(-c2cc(Cl)c3c(c2)CNC3)ccc2c(=O)c(C(=O)O)cn(C3CC3)c12. The van der Waals surface area contributed by atoms with Crippen molar-refractivity contribution >= 4 is 28.5 Å². The minimum Gasteiger partial charge on any atom is -0.477 e. The fourth-order valence-corrected chi connectivity index (χ4v) is 4.56. The molecule has 0 saturated heterocycles. The highest BCUT2D eigenvalue weighted by molar-refractivity contribution is 6.31. The summed E-state index contributed by atoms with van der Waals surface area (Å²) < 4.78 is 1.98. The second-order valence-corrected chi connectivity index (χ2v) is 8.06. The molecule has 28 heavy (non-hydrogen) atoms. The molecule has 1 aliphatic heterocycles. The Kier molecular flexibility index (Phi) is 3.86.